The van der Waals surface area contributed by atoms with E-state index in [2.05, 4.69) is 4.72 Å². The summed E-state index contributed by atoms with van der Waals surface area (Å²) in [5.41, 5.74) is 0.681. The zero-order valence-corrected chi connectivity index (χ0v) is 16.0. The second-order valence-electron chi connectivity index (χ2n) is 5.65. The van der Waals surface area contributed by atoms with Crippen molar-refractivity contribution in [2.75, 3.05) is 23.7 Å². The minimum Gasteiger partial charge on any atom is -0.295 e. The number of nitrogens with zero attached hydrogens (tertiary/aromatic N) is 1. The third kappa shape index (κ3) is 5.13. The first kappa shape index (κ1) is 20.1. The van der Waals surface area contributed by atoms with Gasteiger partial charge in [0.05, 0.1) is 16.8 Å². The fourth-order valence-electron chi connectivity index (χ4n) is 2.33. The molecule has 0 saturated heterocycles. The van der Waals surface area contributed by atoms with Crippen molar-refractivity contribution < 1.29 is 21.6 Å². The Kier molecular flexibility index (Phi) is 6.17. The molecule has 9 heteroatoms. The Morgan fingerprint density at radius 2 is 1.65 bits per heavy atom. The van der Waals surface area contributed by atoms with Gasteiger partial charge in [-0.1, -0.05) is 30.3 Å². The van der Waals surface area contributed by atoms with Gasteiger partial charge in [-0.05, 0) is 31.2 Å². The summed E-state index contributed by atoms with van der Waals surface area (Å²) < 4.78 is 52.1. The number of anilines is 1. The fraction of sp³-hybridized carbons (Fsp3) is 0.235. The number of carbonyl (C=O) groups is 1. The summed E-state index contributed by atoms with van der Waals surface area (Å²) in [5.74, 6) is -0.190. The molecule has 0 fully saturated rings. The Morgan fingerprint density at radius 3 is 2.23 bits per heavy atom. The normalized spacial score (nSPS) is 11.9. The fourth-order valence-corrected chi connectivity index (χ4v) is 4.29. The van der Waals surface area contributed by atoms with Crippen LogP contribution in [0.3, 0.4) is 0 Å². The van der Waals surface area contributed by atoms with Crippen LogP contribution >= 0.6 is 0 Å². The number of ketones is 1. The second kappa shape index (κ2) is 7.98. The molecule has 2 aromatic rings. The third-order valence-electron chi connectivity index (χ3n) is 3.60. The third-order valence-corrected chi connectivity index (χ3v) is 6.27. The van der Waals surface area contributed by atoms with Gasteiger partial charge in [0.1, 0.15) is 0 Å². The molecule has 0 unspecified atom stereocenters. The van der Waals surface area contributed by atoms with Crippen molar-refractivity contribution in [2.24, 2.45) is 0 Å². The molecule has 0 amide bonds. The highest BCUT2D eigenvalue weighted by molar-refractivity contribution is 7.92. The molecule has 0 aliphatic heterocycles. The van der Waals surface area contributed by atoms with Crippen molar-refractivity contribution in [1.82, 2.24) is 4.72 Å². The molecular weight excluding hydrogens is 376 g/mol. The Hall–Kier alpha value is -2.23. The molecule has 26 heavy (non-hydrogen) atoms. The van der Waals surface area contributed by atoms with Crippen molar-refractivity contribution in [3.63, 3.8) is 0 Å². The summed E-state index contributed by atoms with van der Waals surface area (Å²) in [7, 11) is -7.39. The number of carbonyl (C=O) groups excluding carboxylic acids is 1. The molecule has 1 N–H and O–H groups in total. The predicted octanol–water partition coefficient (Wildman–Crippen LogP) is 1.63. The molecule has 0 saturated carbocycles. The van der Waals surface area contributed by atoms with Crippen molar-refractivity contribution >= 4 is 31.5 Å². The van der Waals surface area contributed by atoms with E-state index in [0.29, 0.717) is 11.3 Å². The number of hydrogen-bond donors (Lipinski definition) is 1. The molecular formula is C17H20N2O5S2. The molecule has 0 spiro atoms. The van der Waals surface area contributed by atoms with Gasteiger partial charge in [0.15, 0.2) is 5.78 Å². The van der Waals surface area contributed by atoms with Crippen LogP contribution in [0.1, 0.15) is 17.3 Å². The van der Waals surface area contributed by atoms with E-state index in [-0.39, 0.29) is 23.8 Å². The van der Waals surface area contributed by atoms with Crippen molar-refractivity contribution in [2.45, 2.75) is 11.8 Å². The van der Waals surface area contributed by atoms with Crippen LogP contribution in [0.15, 0.2) is 59.5 Å². The van der Waals surface area contributed by atoms with E-state index in [1.807, 2.05) is 0 Å². The average Bonchev–Trinajstić information content (AvgIpc) is 2.58. The summed E-state index contributed by atoms with van der Waals surface area (Å²) >= 11 is 0. The maximum atomic E-state index is 12.2. The number of sulfonamides is 2. The van der Waals surface area contributed by atoms with E-state index in [1.54, 1.807) is 36.4 Å². The molecule has 0 bridgehead atoms. The quantitative estimate of drug-likeness (QED) is 0.684. The van der Waals surface area contributed by atoms with Gasteiger partial charge >= 0.3 is 0 Å². The Bertz CT molecular complexity index is 987. The summed E-state index contributed by atoms with van der Waals surface area (Å²) in [5, 5.41) is 0. The Balaban J connectivity index is 2.18. The molecule has 7 nitrogen and oxygen atoms in total. The predicted molar refractivity (Wildman–Crippen MR) is 100 cm³/mol. The molecule has 140 valence electrons. The lowest BCUT2D eigenvalue weighted by Crippen LogP contribution is -2.38. The minimum atomic E-state index is -3.73. The van der Waals surface area contributed by atoms with Crippen molar-refractivity contribution in [1.29, 1.82) is 0 Å². The zero-order chi connectivity index (χ0) is 19.4. The highest BCUT2D eigenvalue weighted by Crippen LogP contribution is 2.19. The van der Waals surface area contributed by atoms with Gasteiger partial charge in [-0.2, -0.15) is 0 Å². The van der Waals surface area contributed by atoms with E-state index >= 15 is 0 Å². The van der Waals surface area contributed by atoms with Crippen LogP contribution in [0.2, 0.25) is 0 Å². The van der Waals surface area contributed by atoms with Gasteiger partial charge in [0, 0.05) is 18.7 Å². The average molecular weight is 396 g/mol. The minimum absolute atomic E-state index is 0.101. The van der Waals surface area contributed by atoms with Crippen LogP contribution in [-0.4, -0.2) is 42.0 Å². The maximum Gasteiger partial charge on any atom is 0.240 e. The number of nitrogens with one attached hydrogen (secondary N) is 1. The molecule has 2 aromatic carbocycles. The number of hydrogen-bond acceptors (Lipinski definition) is 5. The Morgan fingerprint density at radius 1 is 1.00 bits per heavy atom. The van der Waals surface area contributed by atoms with Gasteiger partial charge in [-0.25, -0.2) is 21.6 Å². The van der Waals surface area contributed by atoms with E-state index in [9.17, 15) is 21.6 Å². The molecule has 0 radical (unpaired) electrons. The van der Waals surface area contributed by atoms with Gasteiger partial charge in [-0.3, -0.25) is 9.10 Å². The second-order valence-corrected chi connectivity index (χ2v) is 9.33. The number of rotatable bonds is 8. The first-order valence-corrected chi connectivity index (χ1v) is 11.1. The first-order chi connectivity index (χ1) is 12.1. The molecule has 0 aromatic heterocycles. The maximum absolute atomic E-state index is 12.2. The zero-order valence-electron chi connectivity index (χ0n) is 14.4. The summed E-state index contributed by atoms with van der Waals surface area (Å²) in [6, 6.07) is 14.0. The first-order valence-electron chi connectivity index (χ1n) is 7.75. The van der Waals surface area contributed by atoms with E-state index in [4.69, 9.17) is 0 Å². The van der Waals surface area contributed by atoms with Crippen molar-refractivity contribution in [3.05, 3.63) is 60.2 Å². The van der Waals surface area contributed by atoms with Crippen LogP contribution in [0.25, 0.3) is 0 Å². The summed E-state index contributed by atoms with van der Waals surface area (Å²) in [4.78, 5) is 11.6. The molecule has 0 aliphatic carbocycles. The van der Waals surface area contributed by atoms with E-state index < -0.39 is 20.0 Å². The highest BCUT2D eigenvalue weighted by atomic mass is 32.2. The van der Waals surface area contributed by atoms with E-state index in [1.165, 1.54) is 25.1 Å². The number of Topliss-reactive ketones (excluding diaryl/α,β-unsaturated/α-hetero) is 1. The molecule has 0 aliphatic rings. The smallest absolute Gasteiger partial charge is 0.240 e. The highest BCUT2D eigenvalue weighted by Gasteiger charge is 2.20. The van der Waals surface area contributed by atoms with E-state index in [0.717, 1.165) is 10.6 Å². The van der Waals surface area contributed by atoms with Crippen LogP contribution in [-0.2, 0) is 20.0 Å². The monoisotopic (exact) mass is 396 g/mol. The molecule has 0 atom stereocenters. The lowest BCUT2D eigenvalue weighted by atomic mass is 10.1. The van der Waals surface area contributed by atoms with Crippen molar-refractivity contribution in [3.8, 4) is 0 Å². The summed E-state index contributed by atoms with van der Waals surface area (Å²) in [6.07, 6.45) is 1.03. The lowest BCUT2D eigenvalue weighted by Gasteiger charge is -2.23. The molecule has 2 rings (SSSR count). The largest absolute Gasteiger partial charge is 0.295 e. The van der Waals surface area contributed by atoms with Crippen LogP contribution in [0, 0.1) is 0 Å². The van der Waals surface area contributed by atoms with Crippen LogP contribution < -0.4 is 9.03 Å². The van der Waals surface area contributed by atoms with Gasteiger partial charge in [0.25, 0.3) is 0 Å². The van der Waals surface area contributed by atoms with Gasteiger partial charge in [0.2, 0.25) is 20.0 Å². The van der Waals surface area contributed by atoms with Crippen LogP contribution in [0.5, 0.6) is 0 Å². The molecule has 0 heterocycles. The number of benzene rings is 2. The lowest BCUT2D eigenvalue weighted by molar-refractivity contribution is 0.101. The summed E-state index contributed by atoms with van der Waals surface area (Å²) in [6.45, 7) is 1.17. The topological polar surface area (TPSA) is 101 Å². The van der Waals surface area contributed by atoms with Gasteiger partial charge < -0.3 is 0 Å². The van der Waals surface area contributed by atoms with Gasteiger partial charge in [-0.15, -0.1) is 0 Å². The SMILES string of the molecule is CC(=O)c1cccc(N(CCNS(=O)(=O)c2ccccc2)S(C)(=O)=O)c1. The Labute approximate surface area is 153 Å². The standard InChI is InChI=1S/C17H20N2O5S2/c1-14(20)15-7-6-8-16(13-15)19(25(2,21)22)12-11-18-26(23,24)17-9-4-3-5-10-17/h3-10,13,18H,11-12H2,1-2H3. The van der Waals surface area contributed by atoms with Crippen LogP contribution in [0.4, 0.5) is 5.69 Å².